The van der Waals surface area contributed by atoms with E-state index in [0.717, 1.165) is 43.2 Å². The van der Waals surface area contributed by atoms with Gasteiger partial charge < -0.3 is 14.4 Å². The number of carboxylic acids is 1. The van der Waals surface area contributed by atoms with Crippen LogP contribution in [0.25, 0.3) is 5.52 Å². The molecule has 3 rings (SSSR count). The van der Waals surface area contributed by atoms with Crippen LogP contribution in [0.3, 0.4) is 0 Å². The molecule has 5 nitrogen and oxygen atoms in total. The van der Waals surface area contributed by atoms with E-state index in [1.165, 1.54) is 4.40 Å². The van der Waals surface area contributed by atoms with Crippen LogP contribution >= 0.6 is 0 Å². The van der Waals surface area contributed by atoms with E-state index in [2.05, 4.69) is 4.90 Å². The smallest absolute Gasteiger partial charge is 0.416 e. The summed E-state index contributed by atoms with van der Waals surface area (Å²) in [5, 5.41) is 9.38. The molecule has 0 fully saturated rings. The zero-order valence-corrected chi connectivity index (χ0v) is 15.8. The molecule has 0 saturated carbocycles. The van der Waals surface area contributed by atoms with Crippen LogP contribution in [0.15, 0.2) is 48.7 Å². The first kappa shape index (κ1) is 20.4. The molecule has 0 aliphatic heterocycles. The molecule has 2 heterocycles. The lowest BCUT2D eigenvalue weighted by Crippen LogP contribution is -2.21. The fraction of sp³-hybridized carbons (Fsp3) is 0.238. The highest BCUT2D eigenvalue weighted by Crippen LogP contribution is 2.32. The van der Waals surface area contributed by atoms with Gasteiger partial charge in [0.05, 0.1) is 22.3 Å². The summed E-state index contributed by atoms with van der Waals surface area (Å²) in [7, 11) is 0. The Bertz CT molecular complexity index is 1070. The standard InChI is InChI=1S/C21H19F3N2O3/c1-3-25(4-2)15-7-5-13(6-8-15)19(27)18-12-16(20(28)29)17-11-14(21(22,23)24)9-10-26(17)18/h5-12H,3-4H2,1-2H3,(H,28,29). The average molecular weight is 404 g/mol. The Kier molecular flexibility index (Phi) is 5.37. The number of anilines is 1. The van der Waals surface area contributed by atoms with Crippen LogP contribution in [0.2, 0.25) is 0 Å². The van der Waals surface area contributed by atoms with Crippen LogP contribution in [0.5, 0.6) is 0 Å². The topological polar surface area (TPSA) is 62.0 Å². The fourth-order valence-corrected chi connectivity index (χ4v) is 3.28. The Morgan fingerprint density at radius 1 is 1.03 bits per heavy atom. The van der Waals surface area contributed by atoms with E-state index in [1.807, 2.05) is 13.8 Å². The fourth-order valence-electron chi connectivity index (χ4n) is 3.28. The molecule has 3 aromatic rings. The van der Waals surface area contributed by atoms with Crippen molar-refractivity contribution in [2.45, 2.75) is 20.0 Å². The van der Waals surface area contributed by atoms with Gasteiger partial charge >= 0.3 is 12.1 Å². The Labute approximate surface area is 165 Å². The molecule has 0 spiro atoms. The molecule has 0 aliphatic rings. The lowest BCUT2D eigenvalue weighted by atomic mass is 10.1. The van der Waals surface area contributed by atoms with Crippen molar-refractivity contribution in [2.24, 2.45) is 0 Å². The number of halogens is 3. The number of hydrogen-bond acceptors (Lipinski definition) is 3. The number of aromatic nitrogens is 1. The number of hydrogen-bond donors (Lipinski definition) is 1. The molecular formula is C21H19F3N2O3. The van der Waals surface area contributed by atoms with Gasteiger partial charge in [-0.25, -0.2) is 4.79 Å². The molecular weight excluding hydrogens is 385 g/mol. The minimum Gasteiger partial charge on any atom is -0.478 e. The van der Waals surface area contributed by atoms with Crippen LogP contribution in [0, 0.1) is 0 Å². The number of fused-ring (bicyclic) bond motifs is 1. The summed E-state index contributed by atoms with van der Waals surface area (Å²) >= 11 is 0. The van der Waals surface area contributed by atoms with Gasteiger partial charge in [0.1, 0.15) is 0 Å². The van der Waals surface area contributed by atoms with Gasteiger partial charge in [0.25, 0.3) is 0 Å². The van der Waals surface area contributed by atoms with Crippen molar-refractivity contribution < 1.29 is 27.9 Å². The molecule has 1 N–H and O–H groups in total. The number of pyridine rings is 1. The lowest BCUT2D eigenvalue weighted by Gasteiger charge is -2.21. The van der Waals surface area contributed by atoms with E-state index in [9.17, 15) is 27.9 Å². The number of carbonyl (C=O) groups is 2. The minimum absolute atomic E-state index is 0.0123. The summed E-state index contributed by atoms with van der Waals surface area (Å²) < 4.78 is 40.2. The lowest BCUT2D eigenvalue weighted by molar-refractivity contribution is -0.137. The van der Waals surface area contributed by atoms with Crippen molar-refractivity contribution in [3.63, 3.8) is 0 Å². The van der Waals surface area contributed by atoms with Crippen molar-refractivity contribution >= 4 is 23.0 Å². The van der Waals surface area contributed by atoms with E-state index in [0.29, 0.717) is 5.56 Å². The molecule has 2 aromatic heterocycles. The van der Waals surface area contributed by atoms with Crippen LogP contribution in [0.1, 0.15) is 45.8 Å². The predicted octanol–water partition coefficient (Wildman–Crippen LogP) is 4.73. The van der Waals surface area contributed by atoms with Gasteiger partial charge in [-0.1, -0.05) is 0 Å². The number of benzene rings is 1. The summed E-state index contributed by atoms with van der Waals surface area (Å²) in [6.45, 7) is 5.63. The van der Waals surface area contributed by atoms with Crippen LogP contribution in [-0.4, -0.2) is 34.3 Å². The second kappa shape index (κ2) is 7.62. The molecule has 8 heteroatoms. The number of aromatic carboxylic acids is 1. The number of nitrogens with zero attached hydrogens (tertiary/aromatic N) is 2. The van der Waals surface area contributed by atoms with Gasteiger partial charge in [-0.05, 0) is 56.3 Å². The third-order valence-corrected chi connectivity index (χ3v) is 4.82. The van der Waals surface area contributed by atoms with Gasteiger partial charge in [0.15, 0.2) is 0 Å². The summed E-state index contributed by atoms with van der Waals surface area (Å²) in [6, 6.07) is 9.49. The normalized spacial score (nSPS) is 11.6. The van der Waals surface area contributed by atoms with E-state index in [1.54, 1.807) is 24.3 Å². The predicted molar refractivity (Wildman–Crippen MR) is 103 cm³/mol. The molecule has 152 valence electrons. The number of rotatable bonds is 6. The van der Waals surface area contributed by atoms with E-state index < -0.39 is 23.5 Å². The maximum Gasteiger partial charge on any atom is 0.416 e. The average Bonchev–Trinajstić information content (AvgIpc) is 3.07. The monoisotopic (exact) mass is 404 g/mol. The van der Waals surface area contributed by atoms with Crippen molar-refractivity contribution in [2.75, 3.05) is 18.0 Å². The summed E-state index contributed by atoms with van der Waals surface area (Å²) in [6.07, 6.45) is -3.55. The van der Waals surface area contributed by atoms with Crippen LogP contribution < -0.4 is 4.90 Å². The first-order valence-electron chi connectivity index (χ1n) is 9.02. The molecule has 29 heavy (non-hydrogen) atoms. The molecule has 0 atom stereocenters. The molecule has 0 bridgehead atoms. The van der Waals surface area contributed by atoms with Gasteiger partial charge in [-0.2, -0.15) is 13.2 Å². The van der Waals surface area contributed by atoms with Crippen molar-refractivity contribution in [3.8, 4) is 0 Å². The van der Waals surface area contributed by atoms with E-state index in [4.69, 9.17) is 0 Å². The first-order chi connectivity index (χ1) is 13.7. The molecule has 1 aromatic carbocycles. The van der Waals surface area contributed by atoms with Crippen molar-refractivity contribution in [1.82, 2.24) is 4.40 Å². The maximum absolute atomic E-state index is 13.0. The molecule has 0 amide bonds. The molecule has 0 saturated heterocycles. The largest absolute Gasteiger partial charge is 0.478 e. The Balaban J connectivity index is 2.07. The highest BCUT2D eigenvalue weighted by Gasteiger charge is 2.32. The second-order valence-corrected chi connectivity index (χ2v) is 6.47. The highest BCUT2D eigenvalue weighted by molar-refractivity contribution is 6.11. The third-order valence-electron chi connectivity index (χ3n) is 4.82. The maximum atomic E-state index is 13.0. The Morgan fingerprint density at radius 3 is 2.17 bits per heavy atom. The molecule has 0 aliphatic carbocycles. The highest BCUT2D eigenvalue weighted by atomic mass is 19.4. The number of ketones is 1. The van der Waals surface area contributed by atoms with Crippen molar-refractivity contribution in [3.05, 3.63) is 71.0 Å². The van der Waals surface area contributed by atoms with Crippen LogP contribution in [-0.2, 0) is 6.18 Å². The van der Waals surface area contributed by atoms with Crippen molar-refractivity contribution in [1.29, 1.82) is 0 Å². The minimum atomic E-state index is -4.62. The molecule has 0 unspecified atom stereocenters. The van der Waals surface area contributed by atoms with Crippen LogP contribution in [0.4, 0.5) is 18.9 Å². The summed E-state index contributed by atoms with van der Waals surface area (Å²) in [5.41, 5.74) is -0.283. The Hall–Kier alpha value is -3.29. The molecule has 0 radical (unpaired) electrons. The van der Waals surface area contributed by atoms with Gasteiger partial charge in [-0.15, -0.1) is 0 Å². The number of carboxylic acid groups (broad SMARTS) is 1. The second-order valence-electron chi connectivity index (χ2n) is 6.47. The number of alkyl halides is 3. The van der Waals surface area contributed by atoms with E-state index in [-0.39, 0.29) is 16.8 Å². The Morgan fingerprint density at radius 2 is 1.66 bits per heavy atom. The zero-order valence-electron chi connectivity index (χ0n) is 15.8. The quantitative estimate of drug-likeness (QED) is 0.603. The van der Waals surface area contributed by atoms with Gasteiger partial charge in [0, 0.05) is 30.5 Å². The van der Waals surface area contributed by atoms with E-state index >= 15 is 0 Å². The SMILES string of the molecule is CCN(CC)c1ccc(C(=O)c2cc(C(=O)O)c3cc(C(F)(F)F)ccn23)cc1. The number of carbonyl (C=O) groups excluding carboxylic acids is 1. The van der Waals surface area contributed by atoms with Gasteiger partial charge in [-0.3, -0.25) is 4.79 Å². The summed E-state index contributed by atoms with van der Waals surface area (Å²) in [5.74, 6) is -1.88. The zero-order chi connectivity index (χ0) is 21.3. The summed E-state index contributed by atoms with van der Waals surface area (Å²) in [4.78, 5) is 26.6. The third kappa shape index (κ3) is 3.83. The first-order valence-corrected chi connectivity index (χ1v) is 9.02. The van der Waals surface area contributed by atoms with Gasteiger partial charge in [0.2, 0.25) is 5.78 Å².